The van der Waals surface area contributed by atoms with Gasteiger partial charge in [-0.2, -0.15) is 5.10 Å². The summed E-state index contributed by atoms with van der Waals surface area (Å²) < 4.78 is 15.2. The Labute approximate surface area is 194 Å². The molecule has 0 aliphatic rings. The summed E-state index contributed by atoms with van der Waals surface area (Å²) >= 11 is 6.43. The van der Waals surface area contributed by atoms with E-state index in [2.05, 4.69) is 15.4 Å². The number of hydrogen-bond donors (Lipinski definition) is 1. The number of aryl methyl sites for hydroxylation is 2. The molecule has 0 saturated heterocycles. The van der Waals surface area contributed by atoms with Gasteiger partial charge in [-0.3, -0.25) is 14.5 Å². The van der Waals surface area contributed by atoms with Gasteiger partial charge >= 0.3 is 0 Å². The molecule has 4 aromatic rings. The number of amides is 2. The largest absolute Gasteiger partial charge is 0.326 e. The summed E-state index contributed by atoms with van der Waals surface area (Å²) in [6.45, 7) is 4.95. The number of carbonyl (C=O) groups excluding carboxylic acids is 2. The average molecular weight is 466 g/mol. The Kier molecular flexibility index (Phi) is 6.11. The van der Waals surface area contributed by atoms with Gasteiger partial charge in [0.1, 0.15) is 11.6 Å². The lowest BCUT2D eigenvalue weighted by molar-refractivity contribution is -0.116. The van der Waals surface area contributed by atoms with Crippen LogP contribution in [0.3, 0.4) is 0 Å². The highest BCUT2D eigenvalue weighted by atomic mass is 35.5. The van der Waals surface area contributed by atoms with Crippen LogP contribution in [0, 0.1) is 19.7 Å². The van der Waals surface area contributed by atoms with Crippen molar-refractivity contribution in [2.24, 2.45) is 0 Å². The number of rotatable bonds is 5. The molecule has 0 aliphatic heterocycles. The third-order valence-electron chi connectivity index (χ3n) is 5.28. The Hall–Kier alpha value is -3.78. The van der Waals surface area contributed by atoms with Gasteiger partial charge in [-0.25, -0.2) is 13.9 Å². The van der Waals surface area contributed by atoms with E-state index in [1.54, 1.807) is 55.0 Å². The number of nitrogens with zero attached hydrogens (tertiary/aromatic N) is 4. The Morgan fingerprint density at radius 1 is 1.12 bits per heavy atom. The number of benzene rings is 1. The van der Waals surface area contributed by atoms with Crippen LogP contribution in [0.1, 0.15) is 23.6 Å². The molecule has 3 aromatic heterocycles. The van der Waals surface area contributed by atoms with E-state index in [0.29, 0.717) is 33.3 Å². The maximum absolute atomic E-state index is 13.6. The van der Waals surface area contributed by atoms with Gasteiger partial charge in [0.15, 0.2) is 0 Å². The molecule has 3 heterocycles. The summed E-state index contributed by atoms with van der Waals surface area (Å²) in [5, 5.41) is 7.29. The summed E-state index contributed by atoms with van der Waals surface area (Å²) in [6.07, 6.45) is 4.84. The fraction of sp³-hybridized carbons (Fsp3) is 0.167. The number of nitrogens with one attached hydrogen (secondary N) is 1. The van der Waals surface area contributed by atoms with Gasteiger partial charge in [-0.05, 0) is 60.9 Å². The van der Waals surface area contributed by atoms with Gasteiger partial charge in [0, 0.05) is 37.3 Å². The number of pyridine rings is 2. The molecular formula is C24H21ClFN5O2. The predicted molar refractivity (Wildman–Crippen MR) is 125 cm³/mol. The van der Waals surface area contributed by atoms with Gasteiger partial charge in [0.25, 0.3) is 0 Å². The predicted octanol–water partition coefficient (Wildman–Crippen LogP) is 5.00. The lowest BCUT2D eigenvalue weighted by atomic mass is 9.99. The van der Waals surface area contributed by atoms with E-state index in [1.807, 2.05) is 0 Å². The van der Waals surface area contributed by atoms with E-state index in [1.165, 1.54) is 30.2 Å². The number of aromatic nitrogens is 3. The maximum Gasteiger partial charge on any atom is 0.229 e. The van der Waals surface area contributed by atoms with Crippen LogP contribution in [0.15, 0.2) is 55.0 Å². The normalized spacial score (nSPS) is 10.9. The molecule has 0 aliphatic carbocycles. The molecule has 1 aromatic carbocycles. The maximum atomic E-state index is 13.6. The summed E-state index contributed by atoms with van der Waals surface area (Å²) in [5.74, 6) is -0.586. The van der Waals surface area contributed by atoms with Crippen molar-refractivity contribution in [2.45, 2.75) is 27.2 Å². The number of carbonyl (C=O) groups is 2. The zero-order valence-electron chi connectivity index (χ0n) is 18.3. The zero-order valence-corrected chi connectivity index (χ0v) is 19.0. The molecule has 4 rings (SSSR count). The van der Waals surface area contributed by atoms with Crippen molar-refractivity contribution in [3.8, 4) is 0 Å². The molecule has 33 heavy (non-hydrogen) atoms. The van der Waals surface area contributed by atoms with Crippen molar-refractivity contribution in [3.63, 3.8) is 0 Å². The number of halogens is 2. The SMILES string of the molecule is CC(=O)N(c1cc(NC(=O)Cc2c(C)cc(F)cc2C)ccn1)c1cc2ccnn2cc1Cl. The van der Waals surface area contributed by atoms with Crippen LogP contribution >= 0.6 is 11.6 Å². The first kappa shape index (κ1) is 22.4. The van der Waals surface area contributed by atoms with E-state index >= 15 is 0 Å². The van der Waals surface area contributed by atoms with E-state index < -0.39 is 0 Å². The standard InChI is InChI=1S/C24H21ClFN5O2/c1-14-8-17(26)9-15(2)20(14)12-24(33)29-18-4-6-27-23(10-18)31(16(3)32)22-11-19-5-7-28-30(19)13-21(22)25/h4-11,13H,12H2,1-3H3,(H,27,29,33). The van der Waals surface area contributed by atoms with Crippen molar-refractivity contribution in [1.82, 2.24) is 14.6 Å². The second kappa shape index (κ2) is 8.99. The molecule has 0 saturated carbocycles. The van der Waals surface area contributed by atoms with Crippen LogP contribution in [0.2, 0.25) is 5.02 Å². The third-order valence-corrected chi connectivity index (χ3v) is 5.57. The molecular weight excluding hydrogens is 445 g/mol. The summed E-state index contributed by atoms with van der Waals surface area (Å²) in [5.41, 5.74) is 3.88. The number of anilines is 3. The van der Waals surface area contributed by atoms with Gasteiger partial charge < -0.3 is 5.32 Å². The molecule has 9 heteroatoms. The molecule has 1 N–H and O–H groups in total. The van der Waals surface area contributed by atoms with E-state index in [9.17, 15) is 14.0 Å². The second-order valence-electron chi connectivity index (χ2n) is 7.71. The topological polar surface area (TPSA) is 79.6 Å². The molecule has 0 unspecified atom stereocenters. The van der Waals surface area contributed by atoms with Crippen molar-refractivity contribution in [2.75, 3.05) is 10.2 Å². The third kappa shape index (κ3) is 4.70. The van der Waals surface area contributed by atoms with Crippen LogP contribution in [0.5, 0.6) is 0 Å². The molecule has 7 nitrogen and oxygen atoms in total. The Morgan fingerprint density at radius 3 is 2.55 bits per heavy atom. The highest BCUT2D eigenvalue weighted by molar-refractivity contribution is 6.34. The van der Waals surface area contributed by atoms with Gasteiger partial charge in [0.05, 0.1) is 22.6 Å². The highest BCUT2D eigenvalue weighted by Crippen LogP contribution is 2.33. The van der Waals surface area contributed by atoms with Crippen LogP contribution < -0.4 is 10.2 Å². The van der Waals surface area contributed by atoms with Gasteiger partial charge in [-0.15, -0.1) is 0 Å². The molecule has 0 bridgehead atoms. The fourth-order valence-corrected chi connectivity index (χ4v) is 3.99. The van der Waals surface area contributed by atoms with E-state index in [4.69, 9.17) is 11.6 Å². The molecule has 168 valence electrons. The van der Waals surface area contributed by atoms with E-state index in [-0.39, 0.29) is 24.1 Å². The second-order valence-corrected chi connectivity index (χ2v) is 8.11. The first-order chi connectivity index (χ1) is 15.7. The van der Waals surface area contributed by atoms with Crippen LogP contribution in [-0.4, -0.2) is 26.4 Å². The highest BCUT2D eigenvalue weighted by Gasteiger charge is 2.20. The molecule has 0 spiro atoms. The lowest BCUT2D eigenvalue weighted by Gasteiger charge is -2.22. The molecule has 0 atom stereocenters. The van der Waals surface area contributed by atoms with Crippen LogP contribution in [0.4, 0.5) is 21.6 Å². The monoisotopic (exact) mass is 465 g/mol. The Bertz CT molecular complexity index is 1360. The van der Waals surface area contributed by atoms with Crippen molar-refractivity contribution in [3.05, 3.63) is 82.5 Å². The van der Waals surface area contributed by atoms with Crippen molar-refractivity contribution in [1.29, 1.82) is 0 Å². The van der Waals surface area contributed by atoms with Crippen molar-refractivity contribution < 1.29 is 14.0 Å². The lowest BCUT2D eigenvalue weighted by Crippen LogP contribution is -2.24. The van der Waals surface area contributed by atoms with Crippen molar-refractivity contribution >= 4 is 46.1 Å². The molecule has 0 fully saturated rings. The summed E-state index contributed by atoms with van der Waals surface area (Å²) in [7, 11) is 0. The first-order valence-corrected chi connectivity index (χ1v) is 10.6. The average Bonchev–Trinajstić information content (AvgIpc) is 3.18. The van der Waals surface area contributed by atoms with Crippen LogP contribution in [0.25, 0.3) is 5.52 Å². The minimum atomic E-state index is -0.329. The molecule has 0 radical (unpaired) electrons. The number of fused-ring (bicyclic) bond motifs is 1. The van der Waals surface area contributed by atoms with Gasteiger partial charge in [0.2, 0.25) is 11.8 Å². The number of hydrogen-bond acceptors (Lipinski definition) is 4. The Balaban J connectivity index is 1.61. The quantitative estimate of drug-likeness (QED) is 0.449. The minimum Gasteiger partial charge on any atom is -0.326 e. The summed E-state index contributed by atoms with van der Waals surface area (Å²) in [4.78, 5) is 30.9. The van der Waals surface area contributed by atoms with Crippen LogP contribution in [-0.2, 0) is 16.0 Å². The first-order valence-electron chi connectivity index (χ1n) is 10.2. The van der Waals surface area contributed by atoms with Gasteiger partial charge in [-0.1, -0.05) is 11.6 Å². The molecule has 2 amide bonds. The van der Waals surface area contributed by atoms with E-state index in [0.717, 1.165) is 11.1 Å². The zero-order chi connectivity index (χ0) is 23.7. The smallest absolute Gasteiger partial charge is 0.229 e. The summed E-state index contributed by atoms with van der Waals surface area (Å²) in [6, 6.07) is 9.58. The Morgan fingerprint density at radius 2 is 1.85 bits per heavy atom. The minimum absolute atomic E-state index is 0.0930. The fourth-order valence-electron chi connectivity index (χ4n) is 3.76.